The first-order valence-electron chi connectivity index (χ1n) is 4.75. The molecule has 2 N–H and O–H groups in total. The molecule has 0 radical (unpaired) electrons. The number of anilines is 1. The van der Waals surface area contributed by atoms with E-state index in [1.807, 2.05) is 20.0 Å². The predicted octanol–water partition coefficient (Wildman–Crippen LogP) is 3.28. The lowest BCUT2D eigenvalue weighted by Gasteiger charge is -2.05. The highest BCUT2D eigenvalue weighted by molar-refractivity contribution is 6.42. The molecule has 0 fully saturated rings. The quantitative estimate of drug-likeness (QED) is 0.850. The standard InChI is InChI=1S/C11H11Cl2N3/c1-6-10(14)11(16(2)15-6)7-3-4-8(12)9(13)5-7/h3-5H,14H2,1-2H3. The zero-order valence-electron chi connectivity index (χ0n) is 8.96. The summed E-state index contributed by atoms with van der Waals surface area (Å²) in [6.07, 6.45) is 0. The fraction of sp³-hybridized carbons (Fsp3) is 0.182. The molecule has 3 nitrogen and oxygen atoms in total. The number of nitrogens with zero attached hydrogens (tertiary/aromatic N) is 2. The van der Waals surface area contributed by atoms with Crippen molar-refractivity contribution >= 4 is 28.9 Å². The van der Waals surface area contributed by atoms with Crippen molar-refractivity contribution in [3.8, 4) is 11.3 Å². The van der Waals surface area contributed by atoms with Gasteiger partial charge >= 0.3 is 0 Å². The maximum atomic E-state index is 5.97. The van der Waals surface area contributed by atoms with Gasteiger partial charge in [-0.1, -0.05) is 29.3 Å². The van der Waals surface area contributed by atoms with E-state index in [4.69, 9.17) is 28.9 Å². The average molecular weight is 256 g/mol. The van der Waals surface area contributed by atoms with Gasteiger partial charge in [0.15, 0.2) is 0 Å². The Morgan fingerprint density at radius 3 is 2.44 bits per heavy atom. The summed E-state index contributed by atoms with van der Waals surface area (Å²) in [7, 11) is 1.85. The van der Waals surface area contributed by atoms with Gasteiger partial charge in [0, 0.05) is 12.6 Å². The van der Waals surface area contributed by atoms with Crippen LogP contribution in [0.5, 0.6) is 0 Å². The van der Waals surface area contributed by atoms with E-state index in [1.54, 1.807) is 16.8 Å². The molecule has 2 rings (SSSR count). The number of hydrogen-bond acceptors (Lipinski definition) is 2. The van der Waals surface area contributed by atoms with Gasteiger partial charge in [0.05, 0.1) is 27.1 Å². The van der Waals surface area contributed by atoms with Crippen LogP contribution in [0.4, 0.5) is 5.69 Å². The van der Waals surface area contributed by atoms with Crippen LogP contribution in [0.3, 0.4) is 0 Å². The molecule has 0 spiro atoms. The number of benzene rings is 1. The number of halogens is 2. The minimum absolute atomic E-state index is 0.511. The maximum Gasteiger partial charge on any atom is 0.0912 e. The molecule has 0 amide bonds. The molecule has 5 heteroatoms. The van der Waals surface area contributed by atoms with E-state index in [1.165, 1.54) is 0 Å². The van der Waals surface area contributed by atoms with Crippen LogP contribution >= 0.6 is 23.2 Å². The van der Waals surface area contributed by atoms with E-state index in [9.17, 15) is 0 Å². The lowest BCUT2D eigenvalue weighted by Crippen LogP contribution is -1.95. The van der Waals surface area contributed by atoms with E-state index in [0.717, 1.165) is 17.0 Å². The highest BCUT2D eigenvalue weighted by Gasteiger charge is 2.12. The summed E-state index contributed by atoms with van der Waals surface area (Å²) in [5, 5.41) is 5.30. The minimum atomic E-state index is 0.511. The molecule has 0 aliphatic carbocycles. The smallest absolute Gasteiger partial charge is 0.0912 e. The molecule has 0 aliphatic heterocycles. The van der Waals surface area contributed by atoms with Crippen LogP contribution < -0.4 is 5.73 Å². The fourth-order valence-corrected chi connectivity index (χ4v) is 1.96. The third-order valence-electron chi connectivity index (χ3n) is 2.46. The molecule has 0 saturated heterocycles. The van der Waals surface area contributed by atoms with Gasteiger partial charge in [0.25, 0.3) is 0 Å². The topological polar surface area (TPSA) is 43.8 Å². The molecule has 1 aromatic carbocycles. The van der Waals surface area contributed by atoms with Crippen LogP contribution in [0.15, 0.2) is 18.2 Å². The number of nitrogen functional groups attached to an aromatic ring is 1. The van der Waals surface area contributed by atoms with Crippen LogP contribution in [0, 0.1) is 6.92 Å². The van der Waals surface area contributed by atoms with Crippen molar-refractivity contribution in [1.82, 2.24) is 9.78 Å². The summed E-state index contributed by atoms with van der Waals surface area (Å²) in [6, 6.07) is 5.42. The van der Waals surface area contributed by atoms with Gasteiger partial charge in [-0.05, 0) is 19.1 Å². The Kier molecular flexibility index (Phi) is 2.82. The molecular weight excluding hydrogens is 245 g/mol. The molecule has 0 atom stereocenters. The first kappa shape index (κ1) is 11.3. The third kappa shape index (κ3) is 1.77. The van der Waals surface area contributed by atoms with Crippen molar-refractivity contribution in [2.45, 2.75) is 6.92 Å². The molecule has 16 heavy (non-hydrogen) atoms. The third-order valence-corrected chi connectivity index (χ3v) is 3.20. The van der Waals surface area contributed by atoms with Crippen LogP contribution in [-0.4, -0.2) is 9.78 Å². The maximum absolute atomic E-state index is 5.97. The monoisotopic (exact) mass is 255 g/mol. The van der Waals surface area contributed by atoms with Gasteiger partial charge in [0.1, 0.15) is 0 Å². The molecule has 84 valence electrons. The number of aryl methyl sites for hydroxylation is 2. The number of aromatic nitrogens is 2. The molecule has 0 bridgehead atoms. The summed E-state index contributed by atoms with van der Waals surface area (Å²) in [4.78, 5) is 0. The normalized spacial score (nSPS) is 10.8. The Balaban J connectivity index is 2.63. The van der Waals surface area contributed by atoms with Crippen molar-refractivity contribution in [3.63, 3.8) is 0 Å². The SMILES string of the molecule is Cc1nn(C)c(-c2ccc(Cl)c(Cl)c2)c1N. The van der Waals surface area contributed by atoms with Crippen LogP contribution in [0.1, 0.15) is 5.69 Å². The Labute approximate surface area is 104 Å². The van der Waals surface area contributed by atoms with Gasteiger partial charge in [-0.15, -0.1) is 0 Å². The van der Waals surface area contributed by atoms with E-state index >= 15 is 0 Å². The minimum Gasteiger partial charge on any atom is -0.395 e. The summed E-state index contributed by atoms with van der Waals surface area (Å²) in [5.74, 6) is 0. The number of nitrogens with two attached hydrogens (primary N) is 1. The highest BCUT2D eigenvalue weighted by atomic mass is 35.5. The van der Waals surface area contributed by atoms with Crippen LogP contribution in [-0.2, 0) is 7.05 Å². The first-order chi connectivity index (χ1) is 7.50. The summed E-state index contributed by atoms with van der Waals surface area (Å²) in [5.41, 5.74) is 9.21. The second-order valence-corrected chi connectivity index (χ2v) is 4.41. The van der Waals surface area contributed by atoms with Crippen molar-refractivity contribution in [1.29, 1.82) is 0 Å². The lowest BCUT2D eigenvalue weighted by atomic mass is 10.1. The van der Waals surface area contributed by atoms with Gasteiger partial charge in [-0.25, -0.2) is 0 Å². The Bertz CT molecular complexity index is 546. The van der Waals surface area contributed by atoms with Gasteiger partial charge in [0.2, 0.25) is 0 Å². The van der Waals surface area contributed by atoms with Crippen molar-refractivity contribution in [2.75, 3.05) is 5.73 Å². The molecule has 1 aromatic heterocycles. The first-order valence-corrected chi connectivity index (χ1v) is 5.51. The summed E-state index contributed by atoms with van der Waals surface area (Å²) >= 11 is 11.8. The van der Waals surface area contributed by atoms with Crippen molar-refractivity contribution < 1.29 is 0 Å². The largest absolute Gasteiger partial charge is 0.395 e. The van der Waals surface area contributed by atoms with Gasteiger partial charge in [-0.2, -0.15) is 5.10 Å². The number of rotatable bonds is 1. The molecule has 0 saturated carbocycles. The average Bonchev–Trinajstić information content (AvgIpc) is 2.47. The molecule has 0 unspecified atom stereocenters. The van der Waals surface area contributed by atoms with E-state index in [-0.39, 0.29) is 0 Å². The summed E-state index contributed by atoms with van der Waals surface area (Å²) < 4.78 is 1.74. The Hall–Kier alpha value is -1.19. The second kappa shape index (κ2) is 4.00. The van der Waals surface area contributed by atoms with Crippen LogP contribution in [0.2, 0.25) is 10.0 Å². The van der Waals surface area contributed by atoms with Gasteiger partial charge < -0.3 is 5.73 Å². The van der Waals surface area contributed by atoms with E-state index < -0.39 is 0 Å². The van der Waals surface area contributed by atoms with Gasteiger partial charge in [-0.3, -0.25) is 4.68 Å². The molecule has 1 heterocycles. The second-order valence-electron chi connectivity index (χ2n) is 3.60. The lowest BCUT2D eigenvalue weighted by molar-refractivity contribution is 0.764. The van der Waals surface area contributed by atoms with E-state index in [0.29, 0.717) is 15.7 Å². The predicted molar refractivity (Wildman–Crippen MR) is 67.8 cm³/mol. The zero-order chi connectivity index (χ0) is 11.9. The van der Waals surface area contributed by atoms with Crippen LogP contribution in [0.25, 0.3) is 11.3 Å². The Morgan fingerprint density at radius 1 is 1.25 bits per heavy atom. The number of hydrogen-bond donors (Lipinski definition) is 1. The summed E-state index contributed by atoms with van der Waals surface area (Å²) in [6.45, 7) is 1.87. The highest BCUT2D eigenvalue weighted by Crippen LogP contribution is 2.32. The van der Waals surface area contributed by atoms with E-state index in [2.05, 4.69) is 5.10 Å². The van der Waals surface area contributed by atoms with Crippen molar-refractivity contribution in [3.05, 3.63) is 33.9 Å². The zero-order valence-corrected chi connectivity index (χ0v) is 10.5. The fourth-order valence-electron chi connectivity index (χ4n) is 1.66. The van der Waals surface area contributed by atoms with Crippen molar-refractivity contribution in [2.24, 2.45) is 7.05 Å². The Morgan fingerprint density at radius 2 is 1.94 bits per heavy atom. The molecule has 2 aromatic rings. The molecule has 0 aliphatic rings. The molecular formula is C11H11Cl2N3.